The van der Waals surface area contributed by atoms with Crippen molar-refractivity contribution in [1.82, 2.24) is 5.32 Å². The van der Waals surface area contributed by atoms with Crippen molar-refractivity contribution in [3.8, 4) is 0 Å². The lowest BCUT2D eigenvalue weighted by Gasteiger charge is -2.22. The van der Waals surface area contributed by atoms with Gasteiger partial charge in [-0.3, -0.25) is 9.59 Å². The Morgan fingerprint density at radius 3 is 1.36 bits per heavy atom. The fourth-order valence-electron chi connectivity index (χ4n) is 7.43. The van der Waals surface area contributed by atoms with Gasteiger partial charge in [-0.15, -0.1) is 0 Å². The summed E-state index contributed by atoms with van der Waals surface area (Å²) in [6.45, 7) is 4.88. The van der Waals surface area contributed by atoms with Crippen LogP contribution in [0, 0.1) is 0 Å². The van der Waals surface area contributed by atoms with Gasteiger partial charge in [0.05, 0.1) is 25.4 Å². The molecule has 3 N–H and O–H groups in total. The maximum atomic E-state index is 12.4. The molecule has 0 aromatic rings. The highest BCUT2D eigenvalue weighted by atomic mass is 16.5. The standard InChI is InChI=1S/C50H95NO5/c1-3-5-7-9-11-13-15-24-28-32-36-40-44-50(55)56-45-41-37-33-29-25-22-20-18-16-17-19-21-23-27-31-35-39-43-49(54)51-47(46-52)48(53)42-38-34-30-26-14-12-10-8-6-4-2/h16,18,22,25,47-48,52-53H,3-15,17,19-21,23-24,26-46H2,1-2H3,(H,51,54)/b18-16-,25-22-. The van der Waals surface area contributed by atoms with Gasteiger partial charge in [-0.05, 0) is 64.2 Å². The molecule has 0 aliphatic rings. The summed E-state index contributed by atoms with van der Waals surface area (Å²) in [6.07, 6.45) is 52.9. The van der Waals surface area contributed by atoms with Crippen LogP contribution < -0.4 is 5.32 Å². The number of aliphatic hydroxyl groups is 2. The molecule has 0 aliphatic heterocycles. The monoisotopic (exact) mass is 790 g/mol. The molecule has 0 saturated carbocycles. The van der Waals surface area contributed by atoms with Crippen LogP contribution in [-0.2, 0) is 14.3 Å². The fourth-order valence-corrected chi connectivity index (χ4v) is 7.43. The summed E-state index contributed by atoms with van der Waals surface area (Å²) in [5.74, 6) is -0.0687. The third-order valence-corrected chi connectivity index (χ3v) is 11.3. The second-order valence-electron chi connectivity index (χ2n) is 16.8. The van der Waals surface area contributed by atoms with Crippen molar-refractivity contribution in [2.45, 2.75) is 270 Å². The Morgan fingerprint density at radius 1 is 0.500 bits per heavy atom. The SMILES string of the molecule is CCCCCCCCCCCCCCC(=O)OCCCCC/C=C\C/C=C\CCCCCCCCCC(=O)NC(CO)C(O)CCCCCCCCCCCC. The zero-order valence-corrected chi connectivity index (χ0v) is 37.4. The van der Waals surface area contributed by atoms with E-state index >= 15 is 0 Å². The smallest absolute Gasteiger partial charge is 0.305 e. The minimum atomic E-state index is -0.672. The number of nitrogens with one attached hydrogen (secondary N) is 1. The number of carbonyl (C=O) groups excluding carboxylic acids is 2. The summed E-state index contributed by atoms with van der Waals surface area (Å²) < 4.78 is 5.43. The van der Waals surface area contributed by atoms with E-state index in [1.165, 1.54) is 141 Å². The first-order chi connectivity index (χ1) is 27.5. The van der Waals surface area contributed by atoms with Crippen molar-refractivity contribution in [2.75, 3.05) is 13.2 Å². The van der Waals surface area contributed by atoms with E-state index in [1.807, 2.05) is 0 Å². The number of allylic oxidation sites excluding steroid dienone is 4. The van der Waals surface area contributed by atoms with Gasteiger partial charge in [-0.2, -0.15) is 0 Å². The van der Waals surface area contributed by atoms with Gasteiger partial charge in [0.1, 0.15) is 0 Å². The lowest BCUT2D eigenvalue weighted by atomic mass is 10.0. The summed E-state index contributed by atoms with van der Waals surface area (Å²) in [5.41, 5.74) is 0. The molecule has 6 nitrogen and oxygen atoms in total. The van der Waals surface area contributed by atoms with Crippen molar-refractivity contribution in [2.24, 2.45) is 0 Å². The number of unbranched alkanes of at least 4 members (excludes halogenated alkanes) is 30. The van der Waals surface area contributed by atoms with Gasteiger partial charge in [0.2, 0.25) is 5.91 Å². The highest BCUT2D eigenvalue weighted by Gasteiger charge is 2.20. The predicted molar refractivity (Wildman–Crippen MR) is 241 cm³/mol. The molecule has 0 rings (SSSR count). The predicted octanol–water partition coefficient (Wildman–Crippen LogP) is 14.3. The van der Waals surface area contributed by atoms with Crippen LogP contribution in [0.25, 0.3) is 0 Å². The molecule has 0 aliphatic carbocycles. The molecular formula is C50H95NO5. The second kappa shape index (κ2) is 46.0. The number of amides is 1. The average molecular weight is 790 g/mol. The fraction of sp³-hybridized carbons (Fsp3) is 0.880. The van der Waals surface area contributed by atoms with Crippen LogP contribution in [0.2, 0.25) is 0 Å². The van der Waals surface area contributed by atoms with E-state index in [2.05, 4.69) is 43.5 Å². The maximum absolute atomic E-state index is 12.4. The summed E-state index contributed by atoms with van der Waals surface area (Å²) >= 11 is 0. The Bertz CT molecular complexity index is 874. The molecule has 0 radical (unpaired) electrons. The molecule has 0 heterocycles. The zero-order chi connectivity index (χ0) is 40.8. The molecule has 330 valence electrons. The summed E-state index contributed by atoms with van der Waals surface area (Å²) in [4.78, 5) is 24.3. The van der Waals surface area contributed by atoms with Crippen LogP contribution in [-0.4, -0.2) is 47.4 Å². The summed E-state index contributed by atoms with van der Waals surface area (Å²) in [6, 6.07) is -0.551. The first-order valence-corrected chi connectivity index (χ1v) is 24.6. The van der Waals surface area contributed by atoms with Gasteiger partial charge in [0.25, 0.3) is 0 Å². The minimum absolute atomic E-state index is 0.0154. The summed E-state index contributed by atoms with van der Waals surface area (Å²) in [7, 11) is 0. The largest absolute Gasteiger partial charge is 0.466 e. The molecule has 0 aromatic heterocycles. The van der Waals surface area contributed by atoms with Crippen LogP contribution in [0.1, 0.15) is 258 Å². The van der Waals surface area contributed by atoms with Gasteiger partial charge in [-0.25, -0.2) is 0 Å². The minimum Gasteiger partial charge on any atom is -0.466 e. The molecule has 56 heavy (non-hydrogen) atoms. The first kappa shape index (κ1) is 54.3. The van der Waals surface area contributed by atoms with Gasteiger partial charge >= 0.3 is 5.97 Å². The van der Waals surface area contributed by atoms with E-state index in [1.54, 1.807) is 0 Å². The van der Waals surface area contributed by atoms with Gasteiger partial charge in [-0.1, -0.05) is 205 Å². The first-order valence-electron chi connectivity index (χ1n) is 24.6. The van der Waals surface area contributed by atoms with Crippen LogP contribution >= 0.6 is 0 Å². The van der Waals surface area contributed by atoms with Gasteiger partial charge < -0.3 is 20.3 Å². The zero-order valence-electron chi connectivity index (χ0n) is 37.4. The number of carbonyl (C=O) groups is 2. The van der Waals surface area contributed by atoms with Crippen LogP contribution in [0.3, 0.4) is 0 Å². The van der Waals surface area contributed by atoms with Crippen molar-refractivity contribution < 1.29 is 24.5 Å². The van der Waals surface area contributed by atoms with E-state index in [4.69, 9.17) is 4.74 Å². The van der Waals surface area contributed by atoms with Crippen molar-refractivity contribution >= 4 is 11.9 Å². The second-order valence-corrected chi connectivity index (χ2v) is 16.8. The maximum Gasteiger partial charge on any atom is 0.305 e. The normalized spacial score (nSPS) is 12.9. The van der Waals surface area contributed by atoms with E-state index in [0.717, 1.165) is 83.5 Å². The lowest BCUT2D eigenvalue weighted by Crippen LogP contribution is -2.45. The van der Waals surface area contributed by atoms with Gasteiger partial charge in [0.15, 0.2) is 0 Å². The lowest BCUT2D eigenvalue weighted by molar-refractivity contribution is -0.143. The third kappa shape index (κ3) is 42.0. The number of hydrogen-bond acceptors (Lipinski definition) is 5. The molecule has 2 unspecified atom stereocenters. The Hall–Kier alpha value is -1.66. The number of ether oxygens (including phenoxy) is 1. The van der Waals surface area contributed by atoms with E-state index < -0.39 is 12.1 Å². The topological polar surface area (TPSA) is 95.9 Å². The van der Waals surface area contributed by atoms with Crippen LogP contribution in [0.4, 0.5) is 0 Å². The van der Waals surface area contributed by atoms with Crippen LogP contribution in [0.5, 0.6) is 0 Å². The number of esters is 1. The Balaban J connectivity index is 3.49. The third-order valence-electron chi connectivity index (χ3n) is 11.3. The molecule has 2 atom stereocenters. The highest BCUT2D eigenvalue weighted by Crippen LogP contribution is 2.15. The quantitative estimate of drug-likeness (QED) is 0.0324. The molecule has 0 spiro atoms. The highest BCUT2D eigenvalue weighted by molar-refractivity contribution is 5.76. The number of aliphatic hydroxyl groups excluding tert-OH is 2. The molecular weight excluding hydrogens is 695 g/mol. The van der Waals surface area contributed by atoms with Crippen molar-refractivity contribution in [3.63, 3.8) is 0 Å². The van der Waals surface area contributed by atoms with Crippen molar-refractivity contribution in [3.05, 3.63) is 24.3 Å². The molecule has 1 amide bonds. The molecule has 0 saturated heterocycles. The Kier molecular flexibility index (Phi) is 44.7. The number of hydrogen-bond donors (Lipinski definition) is 3. The summed E-state index contributed by atoms with van der Waals surface area (Å²) in [5, 5.41) is 23.1. The Morgan fingerprint density at radius 2 is 0.893 bits per heavy atom. The molecule has 0 fully saturated rings. The molecule has 6 heteroatoms. The van der Waals surface area contributed by atoms with E-state index in [9.17, 15) is 19.8 Å². The Labute approximate surface area is 348 Å². The molecule has 0 aromatic carbocycles. The average Bonchev–Trinajstić information content (AvgIpc) is 3.20. The number of rotatable bonds is 45. The van der Waals surface area contributed by atoms with Crippen molar-refractivity contribution in [1.29, 1.82) is 0 Å². The van der Waals surface area contributed by atoms with Gasteiger partial charge in [0, 0.05) is 12.8 Å². The van der Waals surface area contributed by atoms with E-state index in [-0.39, 0.29) is 18.5 Å². The van der Waals surface area contributed by atoms with Crippen LogP contribution in [0.15, 0.2) is 24.3 Å². The van der Waals surface area contributed by atoms with E-state index in [0.29, 0.717) is 25.9 Å². The molecule has 0 bridgehead atoms.